The molecule has 0 aromatic heterocycles. The van der Waals surface area contributed by atoms with Gasteiger partial charge in [-0.1, -0.05) is 0 Å². The van der Waals surface area contributed by atoms with Crippen LogP contribution in [0, 0.1) is 10.1 Å². The zero-order valence-electron chi connectivity index (χ0n) is 14.8. The zero-order valence-corrected chi connectivity index (χ0v) is 14.8. The van der Waals surface area contributed by atoms with Crippen molar-refractivity contribution in [2.24, 2.45) is 0 Å². The molecule has 144 valence electrons. The van der Waals surface area contributed by atoms with Crippen molar-refractivity contribution in [1.29, 1.82) is 0 Å². The van der Waals surface area contributed by atoms with Gasteiger partial charge in [0, 0.05) is 25.2 Å². The highest BCUT2D eigenvalue weighted by atomic mass is 19.4. The maximum Gasteiger partial charge on any atom is 0.416 e. The van der Waals surface area contributed by atoms with E-state index in [0.29, 0.717) is 32.0 Å². The van der Waals surface area contributed by atoms with Gasteiger partial charge in [0.05, 0.1) is 10.5 Å². The first kappa shape index (κ1) is 20.0. The highest BCUT2D eigenvalue weighted by molar-refractivity contribution is 5.68. The van der Waals surface area contributed by atoms with Gasteiger partial charge in [-0.2, -0.15) is 13.2 Å². The lowest BCUT2D eigenvalue weighted by molar-refractivity contribution is -0.385. The molecule has 1 aromatic rings. The molecular formula is C17H21F3N2O4. The van der Waals surface area contributed by atoms with E-state index in [9.17, 15) is 28.1 Å². The molecule has 1 fully saturated rings. The van der Waals surface area contributed by atoms with Crippen LogP contribution in [0.4, 0.5) is 23.7 Å². The molecule has 1 amide bonds. The predicted molar refractivity (Wildman–Crippen MR) is 87.9 cm³/mol. The van der Waals surface area contributed by atoms with E-state index in [1.807, 2.05) is 0 Å². The van der Waals surface area contributed by atoms with Gasteiger partial charge in [-0.15, -0.1) is 0 Å². The first-order chi connectivity index (χ1) is 11.9. The highest BCUT2D eigenvalue weighted by Crippen LogP contribution is 2.37. The first-order valence-corrected chi connectivity index (χ1v) is 8.21. The monoisotopic (exact) mass is 374 g/mol. The van der Waals surface area contributed by atoms with Crippen LogP contribution in [0.3, 0.4) is 0 Å². The summed E-state index contributed by atoms with van der Waals surface area (Å²) in [5.41, 5.74) is -1.97. The third kappa shape index (κ3) is 5.09. The lowest BCUT2D eigenvalue weighted by Crippen LogP contribution is -2.41. The number of amides is 1. The Bertz CT molecular complexity index is 690. The van der Waals surface area contributed by atoms with Crippen LogP contribution >= 0.6 is 0 Å². The second kappa shape index (κ2) is 7.13. The van der Waals surface area contributed by atoms with Crippen LogP contribution in [0.15, 0.2) is 18.2 Å². The minimum absolute atomic E-state index is 0.273. The summed E-state index contributed by atoms with van der Waals surface area (Å²) in [6.07, 6.45) is -4.29. The van der Waals surface area contributed by atoms with Crippen LogP contribution in [-0.2, 0) is 10.9 Å². The fraction of sp³-hybridized carbons (Fsp3) is 0.588. The number of hydrogen-bond donors (Lipinski definition) is 0. The molecule has 0 radical (unpaired) electrons. The fourth-order valence-electron chi connectivity index (χ4n) is 2.86. The molecular weight excluding hydrogens is 353 g/mol. The largest absolute Gasteiger partial charge is 0.444 e. The maximum atomic E-state index is 13.0. The number of non-ortho nitro benzene ring substituents is 1. The van der Waals surface area contributed by atoms with Gasteiger partial charge in [-0.3, -0.25) is 10.1 Å². The standard InChI is InChI=1S/C17H21F3N2O4/c1-16(2,3)26-15(23)21-6-4-11(5-7-21)12-8-13(17(18,19)20)10-14(9-12)22(24)25/h8-11H,4-7H2,1-3H3. The van der Waals surface area contributed by atoms with Crippen molar-refractivity contribution in [3.05, 3.63) is 39.4 Å². The SMILES string of the molecule is CC(C)(C)OC(=O)N1CCC(c2cc([N+](=O)[O-])cc(C(F)(F)F)c2)CC1. The van der Waals surface area contributed by atoms with Crippen molar-refractivity contribution < 1.29 is 27.6 Å². The number of piperidine rings is 1. The normalized spacial score (nSPS) is 16.5. The average molecular weight is 374 g/mol. The Morgan fingerprint density at radius 2 is 1.77 bits per heavy atom. The Balaban J connectivity index is 2.15. The van der Waals surface area contributed by atoms with Crippen LogP contribution in [0.25, 0.3) is 0 Å². The summed E-state index contributed by atoms with van der Waals surface area (Å²) in [6.45, 7) is 5.89. The molecule has 0 N–H and O–H groups in total. The summed E-state index contributed by atoms with van der Waals surface area (Å²) in [4.78, 5) is 23.7. The van der Waals surface area contributed by atoms with Gasteiger partial charge >= 0.3 is 12.3 Å². The second-order valence-corrected chi connectivity index (χ2v) is 7.31. The summed E-state index contributed by atoms with van der Waals surface area (Å²) in [5.74, 6) is -0.283. The maximum absolute atomic E-state index is 13.0. The van der Waals surface area contributed by atoms with E-state index in [1.54, 1.807) is 20.8 Å². The molecule has 0 saturated carbocycles. The number of nitro benzene ring substituents is 1. The number of rotatable bonds is 2. The summed E-state index contributed by atoms with van der Waals surface area (Å²) >= 11 is 0. The molecule has 26 heavy (non-hydrogen) atoms. The third-order valence-corrected chi connectivity index (χ3v) is 4.10. The molecule has 2 rings (SSSR count). The minimum Gasteiger partial charge on any atom is -0.444 e. The Hall–Kier alpha value is -2.32. The van der Waals surface area contributed by atoms with Crippen molar-refractivity contribution in [1.82, 2.24) is 4.90 Å². The van der Waals surface area contributed by atoms with Gasteiger partial charge in [0.1, 0.15) is 5.60 Å². The Morgan fingerprint density at radius 3 is 2.23 bits per heavy atom. The van der Waals surface area contributed by atoms with Gasteiger partial charge in [-0.25, -0.2) is 4.79 Å². The van der Waals surface area contributed by atoms with Crippen LogP contribution in [0.5, 0.6) is 0 Å². The summed E-state index contributed by atoms with van der Waals surface area (Å²) in [7, 11) is 0. The lowest BCUT2D eigenvalue weighted by Gasteiger charge is -2.33. The van der Waals surface area contributed by atoms with E-state index in [0.717, 1.165) is 6.07 Å². The van der Waals surface area contributed by atoms with Gasteiger partial charge in [0.25, 0.3) is 5.69 Å². The number of halogens is 3. The second-order valence-electron chi connectivity index (χ2n) is 7.31. The molecule has 0 atom stereocenters. The number of nitrogens with zero attached hydrogens (tertiary/aromatic N) is 2. The number of hydrogen-bond acceptors (Lipinski definition) is 4. The molecule has 0 unspecified atom stereocenters. The first-order valence-electron chi connectivity index (χ1n) is 8.21. The van der Waals surface area contributed by atoms with Crippen LogP contribution in [-0.4, -0.2) is 34.6 Å². The molecule has 1 aromatic carbocycles. The van der Waals surface area contributed by atoms with Gasteiger partial charge in [-0.05, 0) is 51.2 Å². The quantitative estimate of drug-likeness (QED) is 0.554. The smallest absolute Gasteiger partial charge is 0.416 e. The molecule has 1 saturated heterocycles. The fourth-order valence-corrected chi connectivity index (χ4v) is 2.86. The number of carbonyl (C=O) groups is 1. The van der Waals surface area contributed by atoms with Crippen molar-refractivity contribution in [3.63, 3.8) is 0 Å². The zero-order chi connectivity index (χ0) is 19.7. The van der Waals surface area contributed by atoms with Crippen LogP contribution in [0.2, 0.25) is 0 Å². The Kier molecular flexibility index (Phi) is 5.48. The number of likely N-dealkylation sites (tertiary alicyclic amines) is 1. The molecule has 1 heterocycles. The van der Waals surface area contributed by atoms with E-state index < -0.39 is 34.0 Å². The third-order valence-electron chi connectivity index (χ3n) is 4.10. The number of alkyl halides is 3. The average Bonchev–Trinajstić information content (AvgIpc) is 2.52. The molecule has 1 aliphatic heterocycles. The van der Waals surface area contributed by atoms with E-state index >= 15 is 0 Å². The van der Waals surface area contributed by atoms with Crippen molar-refractivity contribution >= 4 is 11.8 Å². The summed E-state index contributed by atoms with van der Waals surface area (Å²) < 4.78 is 44.3. The van der Waals surface area contributed by atoms with Crippen LogP contribution in [0.1, 0.15) is 50.7 Å². The highest BCUT2D eigenvalue weighted by Gasteiger charge is 2.34. The summed E-state index contributed by atoms with van der Waals surface area (Å²) in [6, 6.07) is 2.68. The number of ether oxygens (including phenoxy) is 1. The molecule has 0 spiro atoms. The van der Waals surface area contributed by atoms with Crippen molar-refractivity contribution in [2.75, 3.05) is 13.1 Å². The number of benzene rings is 1. The van der Waals surface area contributed by atoms with E-state index in [2.05, 4.69) is 0 Å². The van der Waals surface area contributed by atoms with E-state index in [4.69, 9.17) is 4.74 Å². The minimum atomic E-state index is -4.65. The predicted octanol–water partition coefficient (Wildman–Crippen LogP) is 4.73. The topological polar surface area (TPSA) is 72.7 Å². The Labute approximate surface area is 149 Å². The van der Waals surface area contributed by atoms with E-state index in [-0.39, 0.29) is 11.5 Å². The molecule has 0 aliphatic carbocycles. The van der Waals surface area contributed by atoms with E-state index in [1.165, 1.54) is 11.0 Å². The molecule has 0 bridgehead atoms. The van der Waals surface area contributed by atoms with Gasteiger partial charge in [0.2, 0.25) is 0 Å². The molecule has 1 aliphatic rings. The summed E-state index contributed by atoms with van der Waals surface area (Å²) in [5, 5.41) is 11.0. The lowest BCUT2D eigenvalue weighted by atomic mass is 9.88. The van der Waals surface area contributed by atoms with Crippen molar-refractivity contribution in [2.45, 2.75) is 51.3 Å². The Morgan fingerprint density at radius 1 is 1.19 bits per heavy atom. The molecule has 9 heteroatoms. The number of carbonyl (C=O) groups excluding carboxylic acids is 1. The molecule has 6 nitrogen and oxygen atoms in total. The van der Waals surface area contributed by atoms with Gasteiger partial charge in [0.15, 0.2) is 0 Å². The van der Waals surface area contributed by atoms with Crippen LogP contribution < -0.4 is 0 Å². The van der Waals surface area contributed by atoms with Gasteiger partial charge < -0.3 is 9.64 Å². The number of nitro groups is 1. The van der Waals surface area contributed by atoms with Crippen molar-refractivity contribution in [3.8, 4) is 0 Å².